The summed E-state index contributed by atoms with van der Waals surface area (Å²) in [6.07, 6.45) is 5.73. The highest BCUT2D eigenvalue weighted by Crippen LogP contribution is 2.47. The van der Waals surface area contributed by atoms with Crippen LogP contribution in [0.3, 0.4) is 0 Å². The number of hydrogen-bond acceptors (Lipinski definition) is 7. The second-order valence-corrected chi connectivity index (χ2v) is 11.3. The molecule has 6 rings (SSSR count). The van der Waals surface area contributed by atoms with Crippen LogP contribution in [-0.2, 0) is 27.9 Å². The third-order valence-corrected chi connectivity index (χ3v) is 8.23. The molecule has 0 saturated carbocycles. The molecule has 0 saturated heterocycles. The number of carbonyl (C=O) groups is 1. The molecule has 2 N–H and O–H groups in total. The lowest BCUT2D eigenvalue weighted by Gasteiger charge is -2.29. The summed E-state index contributed by atoms with van der Waals surface area (Å²) in [7, 11) is 2.15. The van der Waals surface area contributed by atoms with Crippen LogP contribution in [0, 0.1) is 0 Å². The summed E-state index contributed by atoms with van der Waals surface area (Å²) in [6.45, 7) is 5.74. The standard InChI is InChI=1S/C30H32ClN5O3/c1-30(15-27(37)38)18-36(26-6-4-3-5-24(26)30)28-25(31)16-32-29(34-28)33-21-13-20-17-35(2)10-7-22(20)23(14-21)19-8-11-39-12-9-19/h3-6,8,13-14,16H,7,9-12,15,17-18H2,1-2H3,(H,37,38)(H,32,33,34). The van der Waals surface area contributed by atoms with Crippen LogP contribution in [0.4, 0.5) is 23.1 Å². The van der Waals surface area contributed by atoms with Gasteiger partial charge in [-0.2, -0.15) is 4.98 Å². The maximum absolute atomic E-state index is 11.7. The summed E-state index contributed by atoms with van der Waals surface area (Å²) in [6, 6.07) is 12.3. The van der Waals surface area contributed by atoms with Crippen molar-refractivity contribution in [3.63, 3.8) is 0 Å². The van der Waals surface area contributed by atoms with Crippen molar-refractivity contribution in [2.45, 2.75) is 38.1 Å². The fourth-order valence-corrected chi connectivity index (χ4v) is 6.31. The van der Waals surface area contributed by atoms with Gasteiger partial charge in [-0.15, -0.1) is 0 Å². The molecule has 3 aromatic rings. The third kappa shape index (κ3) is 5.00. The Labute approximate surface area is 233 Å². The van der Waals surface area contributed by atoms with E-state index < -0.39 is 11.4 Å². The number of anilines is 4. The molecule has 0 amide bonds. The highest BCUT2D eigenvalue weighted by Gasteiger charge is 2.42. The molecule has 39 heavy (non-hydrogen) atoms. The molecule has 3 aliphatic rings. The molecule has 1 atom stereocenters. The molecule has 8 nitrogen and oxygen atoms in total. The van der Waals surface area contributed by atoms with E-state index in [0.29, 0.717) is 29.9 Å². The number of aliphatic carboxylic acids is 1. The molecule has 202 valence electrons. The predicted molar refractivity (Wildman–Crippen MR) is 153 cm³/mol. The summed E-state index contributed by atoms with van der Waals surface area (Å²) in [5.41, 5.74) is 7.58. The zero-order valence-electron chi connectivity index (χ0n) is 22.2. The smallest absolute Gasteiger partial charge is 0.304 e. The Morgan fingerprint density at radius 2 is 2.10 bits per heavy atom. The molecule has 2 aromatic carbocycles. The molecule has 1 aromatic heterocycles. The number of rotatable bonds is 6. The maximum atomic E-state index is 11.7. The van der Waals surface area contributed by atoms with Gasteiger partial charge in [-0.05, 0) is 65.9 Å². The second-order valence-electron chi connectivity index (χ2n) is 10.9. The second kappa shape index (κ2) is 10.3. The number of likely N-dealkylation sites (N-methyl/N-ethyl adjacent to an activating group) is 1. The molecule has 0 fully saturated rings. The number of ether oxygens (including phenoxy) is 1. The molecular formula is C30H32ClN5O3. The molecule has 0 bridgehead atoms. The minimum Gasteiger partial charge on any atom is -0.481 e. The average Bonchev–Trinajstić information content (AvgIpc) is 3.21. The van der Waals surface area contributed by atoms with Crippen LogP contribution < -0.4 is 10.2 Å². The molecule has 0 radical (unpaired) electrons. The first-order valence-corrected chi connectivity index (χ1v) is 13.7. The van der Waals surface area contributed by atoms with E-state index in [9.17, 15) is 9.90 Å². The van der Waals surface area contributed by atoms with Crippen molar-refractivity contribution in [3.05, 3.63) is 75.9 Å². The third-order valence-electron chi connectivity index (χ3n) is 7.97. The number of hydrogen-bond donors (Lipinski definition) is 2. The van der Waals surface area contributed by atoms with E-state index in [-0.39, 0.29) is 6.42 Å². The van der Waals surface area contributed by atoms with Crippen LogP contribution in [-0.4, -0.2) is 59.3 Å². The van der Waals surface area contributed by atoms with Gasteiger partial charge >= 0.3 is 5.97 Å². The fraction of sp³-hybridized carbons (Fsp3) is 0.367. The lowest BCUT2D eigenvalue weighted by Crippen LogP contribution is -2.31. The first kappa shape index (κ1) is 25.8. The van der Waals surface area contributed by atoms with Crippen molar-refractivity contribution < 1.29 is 14.6 Å². The van der Waals surface area contributed by atoms with Gasteiger partial charge in [0.15, 0.2) is 5.82 Å². The Morgan fingerprint density at radius 3 is 2.90 bits per heavy atom. The molecular weight excluding hydrogens is 514 g/mol. The molecule has 4 heterocycles. The van der Waals surface area contributed by atoms with Crippen molar-refractivity contribution in [2.24, 2.45) is 0 Å². The fourth-order valence-electron chi connectivity index (χ4n) is 6.12. The molecule has 0 aliphatic carbocycles. The maximum Gasteiger partial charge on any atom is 0.304 e. The monoisotopic (exact) mass is 545 g/mol. The highest BCUT2D eigenvalue weighted by atomic mass is 35.5. The van der Waals surface area contributed by atoms with Gasteiger partial charge in [-0.3, -0.25) is 4.79 Å². The van der Waals surface area contributed by atoms with E-state index in [1.807, 2.05) is 36.1 Å². The van der Waals surface area contributed by atoms with Gasteiger partial charge in [0, 0.05) is 36.4 Å². The Morgan fingerprint density at radius 1 is 1.26 bits per heavy atom. The number of aromatic nitrogens is 2. The molecule has 3 aliphatic heterocycles. The lowest BCUT2D eigenvalue weighted by atomic mass is 9.81. The Kier molecular flexibility index (Phi) is 6.79. The number of nitrogens with zero attached hydrogens (tertiary/aromatic N) is 4. The van der Waals surface area contributed by atoms with Crippen molar-refractivity contribution >= 4 is 46.3 Å². The summed E-state index contributed by atoms with van der Waals surface area (Å²) < 4.78 is 5.57. The van der Waals surface area contributed by atoms with Crippen molar-refractivity contribution in [3.8, 4) is 0 Å². The lowest BCUT2D eigenvalue weighted by molar-refractivity contribution is -0.138. The van der Waals surface area contributed by atoms with Gasteiger partial charge in [0.05, 0.1) is 25.8 Å². The first-order chi connectivity index (χ1) is 18.8. The number of para-hydroxylation sites is 1. The summed E-state index contributed by atoms with van der Waals surface area (Å²) >= 11 is 6.65. The summed E-state index contributed by atoms with van der Waals surface area (Å²) in [5.74, 6) is 0.161. The van der Waals surface area contributed by atoms with Crippen LogP contribution in [0.15, 0.2) is 48.7 Å². The normalized spacial score (nSPS) is 20.8. The van der Waals surface area contributed by atoms with Crippen molar-refractivity contribution in [1.29, 1.82) is 0 Å². The number of carboxylic acids is 1. The SMILES string of the molecule is CN1CCc2c(cc(Nc3ncc(Cl)c(N4CC(C)(CC(=O)O)c5ccccc54)n3)cc2C2=CCOCC2)C1. The number of carboxylic acid groups (broad SMARTS) is 1. The van der Waals surface area contributed by atoms with Gasteiger partial charge < -0.3 is 25.0 Å². The van der Waals surface area contributed by atoms with Gasteiger partial charge in [-0.1, -0.05) is 42.8 Å². The average molecular weight is 546 g/mol. The van der Waals surface area contributed by atoms with Crippen LogP contribution in [0.1, 0.15) is 42.0 Å². The zero-order valence-corrected chi connectivity index (χ0v) is 23.0. The zero-order chi connectivity index (χ0) is 27.1. The molecule has 9 heteroatoms. The Bertz CT molecular complexity index is 1470. The van der Waals surface area contributed by atoms with Gasteiger partial charge in [0.25, 0.3) is 0 Å². The van der Waals surface area contributed by atoms with Crippen molar-refractivity contribution in [1.82, 2.24) is 14.9 Å². The van der Waals surface area contributed by atoms with Gasteiger partial charge in [-0.25, -0.2) is 4.98 Å². The van der Waals surface area contributed by atoms with Crippen LogP contribution in [0.2, 0.25) is 5.02 Å². The topological polar surface area (TPSA) is 90.8 Å². The number of nitrogens with one attached hydrogen (secondary N) is 1. The van der Waals surface area contributed by atoms with Crippen LogP contribution in [0.25, 0.3) is 5.57 Å². The van der Waals surface area contributed by atoms with E-state index in [0.717, 1.165) is 49.5 Å². The molecule has 0 spiro atoms. The summed E-state index contributed by atoms with van der Waals surface area (Å²) in [4.78, 5) is 25.4. The minimum atomic E-state index is -0.834. The Balaban J connectivity index is 1.36. The van der Waals surface area contributed by atoms with E-state index >= 15 is 0 Å². The highest BCUT2D eigenvalue weighted by molar-refractivity contribution is 6.33. The van der Waals surface area contributed by atoms with Gasteiger partial charge in [0.2, 0.25) is 5.95 Å². The first-order valence-electron chi connectivity index (χ1n) is 13.3. The van der Waals surface area contributed by atoms with Gasteiger partial charge in [0.1, 0.15) is 5.02 Å². The quantitative estimate of drug-likeness (QED) is 0.417. The number of fused-ring (bicyclic) bond motifs is 2. The van der Waals surface area contributed by atoms with Crippen LogP contribution in [0.5, 0.6) is 0 Å². The number of halogens is 1. The van der Waals surface area contributed by atoms with E-state index in [1.165, 1.54) is 22.3 Å². The van der Waals surface area contributed by atoms with E-state index in [4.69, 9.17) is 21.3 Å². The van der Waals surface area contributed by atoms with E-state index in [1.54, 1.807) is 6.20 Å². The summed E-state index contributed by atoms with van der Waals surface area (Å²) in [5, 5.41) is 13.5. The van der Waals surface area contributed by atoms with E-state index in [2.05, 4.69) is 40.5 Å². The predicted octanol–water partition coefficient (Wildman–Crippen LogP) is 5.55. The number of benzene rings is 2. The molecule has 1 unspecified atom stereocenters. The largest absolute Gasteiger partial charge is 0.481 e. The minimum absolute atomic E-state index is 0.0154. The van der Waals surface area contributed by atoms with Crippen LogP contribution >= 0.6 is 11.6 Å². The van der Waals surface area contributed by atoms with Crippen molar-refractivity contribution in [2.75, 3.05) is 43.6 Å². The Hall–Kier alpha value is -3.46.